The van der Waals surface area contributed by atoms with Crippen molar-refractivity contribution in [3.05, 3.63) is 45.1 Å². The molecule has 1 aliphatic heterocycles. The maximum atomic E-state index is 13.6. The zero-order valence-electron chi connectivity index (χ0n) is 16.5. The van der Waals surface area contributed by atoms with E-state index in [1.807, 2.05) is 24.3 Å². The highest BCUT2D eigenvalue weighted by atomic mass is 32.2. The van der Waals surface area contributed by atoms with Crippen molar-refractivity contribution in [1.82, 2.24) is 9.55 Å². The predicted molar refractivity (Wildman–Crippen MR) is 115 cm³/mol. The van der Waals surface area contributed by atoms with Gasteiger partial charge in [0.2, 0.25) is 0 Å². The third kappa shape index (κ3) is 3.36. The smallest absolute Gasteiger partial charge is 0.267 e. The highest BCUT2D eigenvalue weighted by Gasteiger charge is 2.28. The minimum atomic E-state index is 0.00743. The van der Waals surface area contributed by atoms with Gasteiger partial charge in [0, 0.05) is 11.3 Å². The van der Waals surface area contributed by atoms with Crippen LogP contribution in [-0.2, 0) is 17.8 Å². The number of rotatable bonds is 5. The quantitative estimate of drug-likeness (QED) is 0.447. The molecule has 0 saturated carbocycles. The van der Waals surface area contributed by atoms with Crippen molar-refractivity contribution in [2.75, 3.05) is 12.9 Å². The molecule has 0 radical (unpaired) electrons. The summed E-state index contributed by atoms with van der Waals surface area (Å²) in [5, 5.41) is 1.48. The maximum absolute atomic E-state index is 13.6. The van der Waals surface area contributed by atoms with E-state index in [1.165, 1.54) is 0 Å². The molecule has 0 unspecified atom stereocenters. The van der Waals surface area contributed by atoms with Crippen molar-refractivity contribution in [2.24, 2.45) is 5.92 Å². The van der Waals surface area contributed by atoms with Crippen LogP contribution in [0.1, 0.15) is 31.2 Å². The number of thiophene rings is 1. The predicted octanol–water partition coefficient (Wildman–Crippen LogP) is 4.67. The molecule has 4 rings (SSSR count). The van der Waals surface area contributed by atoms with Crippen molar-refractivity contribution in [1.29, 1.82) is 0 Å². The first-order chi connectivity index (χ1) is 13.5. The Morgan fingerprint density at radius 2 is 2.11 bits per heavy atom. The summed E-state index contributed by atoms with van der Waals surface area (Å²) < 4.78 is 13.0. The van der Waals surface area contributed by atoms with Crippen LogP contribution in [0, 0.1) is 5.92 Å². The van der Waals surface area contributed by atoms with Gasteiger partial charge >= 0.3 is 0 Å². The van der Waals surface area contributed by atoms with E-state index < -0.39 is 0 Å². The van der Waals surface area contributed by atoms with Crippen LogP contribution in [0.25, 0.3) is 15.9 Å². The number of ether oxygens (including phenoxy) is 2. The molecule has 1 aromatic carbocycles. The lowest BCUT2D eigenvalue weighted by Crippen LogP contribution is -2.28. The molecule has 1 atom stereocenters. The van der Waals surface area contributed by atoms with Crippen molar-refractivity contribution < 1.29 is 9.47 Å². The molecule has 148 valence electrons. The van der Waals surface area contributed by atoms with Gasteiger partial charge in [0.1, 0.15) is 10.6 Å². The summed E-state index contributed by atoms with van der Waals surface area (Å²) in [4.78, 5) is 20.5. The topological polar surface area (TPSA) is 53.4 Å². The third-order valence-electron chi connectivity index (χ3n) is 5.06. The number of thioether (sulfide) groups is 1. The Morgan fingerprint density at radius 3 is 2.75 bits per heavy atom. The van der Waals surface area contributed by atoms with Crippen molar-refractivity contribution in [3.8, 4) is 11.4 Å². The van der Waals surface area contributed by atoms with Crippen molar-refractivity contribution in [2.45, 2.75) is 45.1 Å². The normalized spacial score (nSPS) is 16.5. The second-order valence-corrected chi connectivity index (χ2v) is 9.46. The zero-order chi connectivity index (χ0) is 19.8. The maximum Gasteiger partial charge on any atom is 0.267 e. The molecule has 5 nitrogen and oxygen atoms in total. The lowest BCUT2D eigenvalue weighted by atomic mass is 9.96. The van der Waals surface area contributed by atoms with Crippen LogP contribution in [0.15, 0.2) is 34.2 Å². The van der Waals surface area contributed by atoms with E-state index in [9.17, 15) is 4.79 Å². The summed E-state index contributed by atoms with van der Waals surface area (Å²) >= 11 is 3.18. The van der Waals surface area contributed by atoms with E-state index in [-0.39, 0.29) is 11.7 Å². The molecule has 0 saturated heterocycles. The van der Waals surface area contributed by atoms with Gasteiger partial charge < -0.3 is 9.47 Å². The highest BCUT2D eigenvalue weighted by Crippen LogP contribution is 2.36. The van der Waals surface area contributed by atoms with Gasteiger partial charge in [-0.2, -0.15) is 0 Å². The summed E-state index contributed by atoms with van der Waals surface area (Å²) in [6.07, 6.45) is 0.913. The molecule has 28 heavy (non-hydrogen) atoms. The fourth-order valence-corrected chi connectivity index (χ4v) is 5.42. The molecule has 2 aromatic heterocycles. The Bertz CT molecular complexity index is 1050. The third-order valence-corrected chi connectivity index (χ3v) is 6.98. The van der Waals surface area contributed by atoms with E-state index in [1.54, 1.807) is 34.8 Å². The second kappa shape index (κ2) is 7.89. The minimum absolute atomic E-state index is 0.00743. The Hall–Kier alpha value is -1.83. The van der Waals surface area contributed by atoms with Crippen LogP contribution in [0.4, 0.5) is 0 Å². The number of fused-ring (bicyclic) bond motifs is 3. The van der Waals surface area contributed by atoms with Crippen LogP contribution in [0.5, 0.6) is 5.75 Å². The van der Waals surface area contributed by atoms with Gasteiger partial charge in [0.05, 0.1) is 30.9 Å². The van der Waals surface area contributed by atoms with Gasteiger partial charge in [-0.25, -0.2) is 4.98 Å². The summed E-state index contributed by atoms with van der Waals surface area (Å²) in [5.41, 5.74) is 1.94. The molecule has 1 aliphatic rings. The van der Waals surface area contributed by atoms with Crippen molar-refractivity contribution in [3.63, 3.8) is 0 Å². The van der Waals surface area contributed by atoms with Crippen LogP contribution >= 0.6 is 23.1 Å². The van der Waals surface area contributed by atoms with Crippen LogP contribution < -0.4 is 10.3 Å². The lowest BCUT2D eigenvalue weighted by molar-refractivity contribution is 0.00200. The first-order valence-corrected chi connectivity index (χ1v) is 11.3. The molecule has 0 bridgehead atoms. The first kappa shape index (κ1) is 19.5. The van der Waals surface area contributed by atoms with Crippen LogP contribution in [0.2, 0.25) is 0 Å². The molecule has 7 heteroatoms. The molecule has 0 spiro atoms. The molecule has 0 amide bonds. The largest absolute Gasteiger partial charge is 0.497 e. The van der Waals surface area contributed by atoms with Gasteiger partial charge in [-0.05, 0) is 41.5 Å². The number of benzene rings is 1. The monoisotopic (exact) mass is 416 g/mol. The molecular formula is C21H24N2O3S2. The Morgan fingerprint density at radius 1 is 1.36 bits per heavy atom. The number of hydrogen-bond donors (Lipinski definition) is 0. The molecule has 0 N–H and O–H groups in total. The first-order valence-electron chi connectivity index (χ1n) is 9.49. The van der Waals surface area contributed by atoms with Gasteiger partial charge in [-0.15, -0.1) is 11.3 Å². The van der Waals surface area contributed by atoms with Crippen LogP contribution in [-0.4, -0.2) is 28.5 Å². The Balaban J connectivity index is 1.93. The molecule has 0 aliphatic carbocycles. The number of nitrogens with zero attached hydrogens (tertiary/aromatic N) is 2. The lowest BCUT2D eigenvalue weighted by Gasteiger charge is -2.26. The average Bonchev–Trinajstić information content (AvgIpc) is 3.06. The van der Waals surface area contributed by atoms with E-state index in [4.69, 9.17) is 14.5 Å². The number of methoxy groups -OCH3 is 1. The molecule has 3 heterocycles. The summed E-state index contributed by atoms with van der Waals surface area (Å²) in [6.45, 7) is 6.96. The molecular weight excluding hydrogens is 392 g/mol. The second-order valence-electron chi connectivity index (χ2n) is 7.15. The molecule has 3 aromatic rings. The average molecular weight is 417 g/mol. The summed E-state index contributed by atoms with van der Waals surface area (Å²) in [5.74, 6) is 2.02. The summed E-state index contributed by atoms with van der Waals surface area (Å²) in [7, 11) is 1.64. The Labute approximate surface area is 172 Å². The SMILES string of the molecule is CCSc1nc2sc3c(c2c(=O)n1-c1ccc(OC)cc1)C[C@@H](C(C)C)OC3. The number of aromatic nitrogens is 2. The fourth-order valence-electron chi connectivity index (χ4n) is 3.52. The fraction of sp³-hybridized carbons (Fsp3) is 0.429. The standard InChI is InChI=1S/C21H24N2O3S2/c1-5-27-21-22-19-18(15-10-16(12(2)3)26-11-17(15)28-19)20(24)23(21)13-6-8-14(25-4)9-7-13/h6-9,12,16H,5,10-11H2,1-4H3/t16-/m0/s1. The van der Waals surface area contributed by atoms with Gasteiger partial charge in [0.15, 0.2) is 5.16 Å². The highest BCUT2D eigenvalue weighted by molar-refractivity contribution is 7.99. The van der Waals surface area contributed by atoms with E-state index in [2.05, 4.69) is 20.8 Å². The van der Waals surface area contributed by atoms with Crippen LogP contribution in [0.3, 0.4) is 0 Å². The molecule has 0 fully saturated rings. The number of hydrogen-bond acceptors (Lipinski definition) is 6. The minimum Gasteiger partial charge on any atom is -0.497 e. The van der Waals surface area contributed by atoms with E-state index >= 15 is 0 Å². The Kier molecular flexibility index (Phi) is 5.49. The van der Waals surface area contributed by atoms with E-state index in [0.717, 1.165) is 49.4 Å². The van der Waals surface area contributed by atoms with Gasteiger partial charge in [-0.1, -0.05) is 32.5 Å². The van der Waals surface area contributed by atoms with Gasteiger partial charge in [-0.3, -0.25) is 9.36 Å². The van der Waals surface area contributed by atoms with E-state index in [0.29, 0.717) is 12.5 Å². The van der Waals surface area contributed by atoms with Gasteiger partial charge in [0.25, 0.3) is 5.56 Å². The zero-order valence-corrected chi connectivity index (χ0v) is 18.2. The van der Waals surface area contributed by atoms with Crippen molar-refractivity contribution >= 4 is 33.3 Å². The summed E-state index contributed by atoms with van der Waals surface area (Å²) in [6, 6.07) is 7.56.